The molecule has 7 heteroatoms. The lowest BCUT2D eigenvalue weighted by Gasteiger charge is -2.08. The van der Waals surface area contributed by atoms with Crippen LogP contribution in [-0.2, 0) is 9.84 Å². The Labute approximate surface area is 99.7 Å². The summed E-state index contributed by atoms with van der Waals surface area (Å²) in [6, 6.07) is -0.303. The summed E-state index contributed by atoms with van der Waals surface area (Å²) in [5, 5.41) is 2.94. The molecule has 96 valence electrons. The Hall–Kier alpha value is -1.24. The fourth-order valence-electron chi connectivity index (χ4n) is 2.16. The summed E-state index contributed by atoms with van der Waals surface area (Å²) in [5.74, 6) is 0.270. The van der Waals surface area contributed by atoms with Crippen LogP contribution in [0, 0.1) is 0 Å². The number of aromatic nitrogens is 2. The van der Waals surface area contributed by atoms with Gasteiger partial charge in [0.25, 0.3) is 5.56 Å². The third-order valence-corrected chi connectivity index (χ3v) is 4.88. The van der Waals surface area contributed by atoms with E-state index < -0.39 is 9.84 Å². The van der Waals surface area contributed by atoms with E-state index in [4.69, 9.17) is 5.73 Å². The van der Waals surface area contributed by atoms with E-state index in [1.54, 1.807) is 0 Å². The lowest BCUT2D eigenvalue weighted by molar-refractivity contribution is 0.480. The van der Waals surface area contributed by atoms with Gasteiger partial charge in [0.2, 0.25) is 0 Å². The summed E-state index contributed by atoms with van der Waals surface area (Å²) >= 11 is 0. The molecule has 1 unspecified atom stereocenters. The van der Waals surface area contributed by atoms with Crippen LogP contribution in [0.25, 0.3) is 0 Å². The van der Waals surface area contributed by atoms with Crippen molar-refractivity contribution in [2.45, 2.75) is 32.2 Å². The molecule has 17 heavy (non-hydrogen) atoms. The molecule has 1 fully saturated rings. The average molecular weight is 259 g/mol. The van der Waals surface area contributed by atoms with Crippen molar-refractivity contribution in [1.29, 1.82) is 0 Å². The average Bonchev–Trinajstić information content (AvgIpc) is 2.70. The molecule has 1 saturated heterocycles. The standard InChI is InChI=1S/C10H17N3O3S/c1-6(2)9-8(11)10(14)13(12-9)7-3-4-17(15,16)5-7/h6-7,12H,3-5,11H2,1-2H3. The van der Waals surface area contributed by atoms with Gasteiger partial charge in [-0.05, 0) is 12.3 Å². The zero-order valence-electron chi connectivity index (χ0n) is 9.93. The molecular formula is C10H17N3O3S. The van der Waals surface area contributed by atoms with Crippen LogP contribution in [0.2, 0.25) is 0 Å². The number of sulfone groups is 1. The predicted molar refractivity (Wildman–Crippen MR) is 65.9 cm³/mol. The van der Waals surface area contributed by atoms with Gasteiger partial charge in [0.15, 0.2) is 9.84 Å². The second-order valence-electron chi connectivity index (χ2n) is 4.83. The van der Waals surface area contributed by atoms with Gasteiger partial charge in [-0.1, -0.05) is 13.8 Å². The summed E-state index contributed by atoms with van der Waals surface area (Å²) in [5.41, 5.74) is 6.29. The van der Waals surface area contributed by atoms with Gasteiger partial charge in [-0.15, -0.1) is 0 Å². The summed E-state index contributed by atoms with van der Waals surface area (Å²) in [6.45, 7) is 3.86. The zero-order valence-corrected chi connectivity index (χ0v) is 10.8. The molecule has 1 aliphatic rings. The van der Waals surface area contributed by atoms with Crippen LogP contribution in [0.5, 0.6) is 0 Å². The number of anilines is 1. The number of H-pyrrole nitrogens is 1. The highest BCUT2D eigenvalue weighted by atomic mass is 32.2. The van der Waals surface area contributed by atoms with E-state index in [1.807, 2.05) is 13.8 Å². The van der Waals surface area contributed by atoms with Gasteiger partial charge in [0.05, 0.1) is 23.2 Å². The zero-order chi connectivity index (χ0) is 12.8. The quantitative estimate of drug-likeness (QED) is 0.795. The van der Waals surface area contributed by atoms with Crippen molar-refractivity contribution in [3.05, 3.63) is 16.0 Å². The molecule has 0 saturated carbocycles. The highest BCUT2D eigenvalue weighted by Gasteiger charge is 2.31. The monoisotopic (exact) mass is 259 g/mol. The minimum absolute atomic E-state index is 0.0182. The van der Waals surface area contributed by atoms with E-state index in [9.17, 15) is 13.2 Å². The molecule has 3 N–H and O–H groups in total. The van der Waals surface area contributed by atoms with Gasteiger partial charge >= 0.3 is 0 Å². The molecule has 0 spiro atoms. The molecule has 0 aromatic carbocycles. The maximum absolute atomic E-state index is 11.9. The Morgan fingerprint density at radius 3 is 2.53 bits per heavy atom. The van der Waals surface area contributed by atoms with E-state index in [0.29, 0.717) is 12.1 Å². The molecule has 1 aromatic rings. The number of rotatable bonds is 2. The molecule has 0 radical (unpaired) electrons. The Morgan fingerprint density at radius 2 is 2.12 bits per heavy atom. The van der Waals surface area contributed by atoms with E-state index in [-0.39, 0.29) is 34.7 Å². The van der Waals surface area contributed by atoms with E-state index in [2.05, 4.69) is 5.10 Å². The molecule has 0 amide bonds. The van der Waals surface area contributed by atoms with Crippen LogP contribution >= 0.6 is 0 Å². The first-order chi connectivity index (χ1) is 7.82. The summed E-state index contributed by atoms with van der Waals surface area (Å²) in [6.07, 6.45) is 0.472. The number of aromatic amines is 1. The topological polar surface area (TPSA) is 98.0 Å². The van der Waals surface area contributed by atoms with Crippen molar-refractivity contribution in [2.24, 2.45) is 0 Å². The van der Waals surface area contributed by atoms with Gasteiger partial charge in [-0.25, -0.2) is 13.1 Å². The van der Waals surface area contributed by atoms with Gasteiger partial charge in [-0.2, -0.15) is 0 Å². The number of nitrogens with zero attached hydrogens (tertiary/aromatic N) is 1. The molecule has 6 nitrogen and oxygen atoms in total. The third-order valence-electron chi connectivity index (χ3n) is 3.13. The lowest BCUT2D eigenvalue weighted by atomic mass is 10.1. The number of nitrogen functional groups attached to an aromatic ring is 1. The van der Waals surface area contributed by atoms with E-state index in [1.165, 1.54) is 4.68 Å². The van der Waals surface area contributed by atoms with Crippen molar-refractivity contribution in [3.8, 4) is 0 Å². The maximum Gasteiger partial charge on any atom is 0.290 e. The minimum atomic E-state index is -3.00. The third kappa shape index (κ3) is 2.11. The molecule has 1 atom stereocenters. The van der Waals surface area contributed by atoms with Crippen molar-refractivity contribution >= 4 is 15.5 Å². The highest BCUT2D eigenvalue weighted by Crippen LogP contribution is 2.24. The first-order valence-corrected chi connectivity index (χ1v) is 7.44. The fourth-order valence-corrected chi connectivity index (χ4v) is 3.86. The minimum Gasteiger partial charge on any atom is -0.393 e. The number of nitrogens with two attached hydrogens (primary N) is 1. The maximum atomic E-state index is 11.9. The number of hydrogen-bond acceptors (Lipinski definition) is 4. The molecular weight excluding hydrogens is 242 g/mol. The first kappa shape index (κ1) is 12.2. The number of nitrogens with one attached hydrogen (secondary N) is 1. The van der Waals surface area contributed by atoms with Crippen LogP contribution in [0.15, 0.2) is 4.79 Å². The second-order valence-corrected chi connectivity index (χ2v) is 7.05. The molecule has 0 bridgehead atoms. The van der Waals surface area contributed by atoms with Crippen molar-refractivity contribution in [2.75, 3.05) is 17.2 Å². The molecule has 2 rings (SSSR count). The van der Waals surface area contributed by atoms with Gasteiger partial charge in [0.1, 0.15) is 5.69 Å². The summed E-state index contributed by atoms with van der Waals surface area (Å²) < 4.78 is 24.2. The van der Waals surface area contributed by atoms with Crippen molar-refractivity contribution in [1.82, 2.24) is 9.78 Å². The summed E-state index contributed by atoms with van der Waals surface area (Å²) in [4.78, 5) is 11.9. The van der Waals surface area contributed by atoms with Crippen LogP contribution < -0.4 is 11.3 Å². The predicted octanol–water partition coefficient (Wildman–Crippen LogP) is 0.242. The van der Waals surface area contributed by atoms with Gasteiger partial charge < -0.3 is 5.73 Å². The SMILES string of the molecule is CC(C)c1[nH]n(C2CCS(=O)(=O)C2)c(=O)c1N. The van der Waals surface area contributed by atoms with E-state index >= 15 is 0 Å². The Kier molecular flexibility index (Phi) is 2.81. The Bertz CT molecular complexity index is 582. The lowest BCUT2D eigenvalue weighted by Crippen LogP contribution is -2.24. The van der Waals surface area contributed by atoms with Crippen LogP contribution in [0.3, 0.4) is 0 Å². The molecule has 1 aliphatic heterocycles. The number of hydrogen-bond donors (Lipinski definition) is 2. The smallest absolute Gasteiger partial charge is 0.290 e. The van der Waals surface area contributed by atoms with Gasteiger partial charge in [-0.3, -0.25) is 9.89 Å². The van der Waals surface area contributed by atoms with Gasteiger partial charge in [0, 0.05) is 0 Å². The largest absolute Gasteiger partial charge is 0.393 e. The fraction of sp³-hybridized carbons (Fsp3) is 0.700. The normalized spacial score (nSPS) is 23.4. The van der Waals surface area contributed by atoms with Crippen molar-refractivity contribution in [3.63, 3.8) is 0 Å². The summed E-state index contributed by atoms with van der Waals surface area (Å²) in [7, 11) is -3.00. The van der Waals surface area contributed by atoms with Crippen LogP contribution in [0.1, 0.15) is 37.9 Å². The molecule has 0 aliphatic carbocycles. The molecule has 1 aromatic heterocycles. The first-order valence-electron chi connectivity index (χ1n) is 5.62. The second kappa shape index (κ2) is 3.90. The molecule has 2 heterocycles. The Balaban J connectivity index is 2.41. The highest BCUT2D eigenvalue weighted by molar-refractivity contribution is 7.91. The Morgan fingerprint density at radius 1 is 1.47 bits per heavy atom. The van der Waals surface area contributed by atoms with Crippen LogP contribution in [0.4, 0.5) is 5.69 Å². The van der Waals surface area contributed by atoms with Crippen molar-refractivity contribution < 1.29 is 8.42 Å². The van der Waals surface area contributed by atoms with E-state index in [0.717, 1.165) is 0 Å². The van der Waals surface area contributed by atoms with Crippen LogP contribution in [-0.4, -0.2) is 29.7 Å².